The predicted octanol–water partition coefficient (Wildman–Crippen LogP) is 1.67. The molecule has 1 aliphatic heterocycles. The Kier molecular flexibility index (Phi) is 4.76. The number of likely N-dealkylation sites (tertiary alicyclic amines) is 1. The number of likely N-dealkylation sites (N-methyl/N-ethyl adjacent to an activating group) is 1. The van der Waals surface area contributed by atoms with Gasteiger partial charge in [0.1, 0.15) is 5.54 Å². The van der Waals surface area contributed by atoms with Crippen LogP contribution in [0.4, 0.5) is 4.79 Å². The lowest BCUT2D eigenvalue weighted by Crippen LogP contribution is -2.62. The molecule has 2 aliphatic rings. The van der Waals surface area contributed by atoms with E-state index < -0.39 is 17.6 Å². The zero-order valence-corrected chi connectivity index (χ0v) is 12.9. The Morgan fingerprint density at radius 2 is 1.86 bits per heavy atom. The van der Waals surface area contributed by atoms with E-state index in [9.17, 15) is 19.8 Å². The van der Waals surface area contributed by atoms with Crippen molar-refractivity contribution in [2.45, 2.75) is 69.6 Å². The molecule has 1 saturated heterocycles. The number of carboxylic acid groups (broad SMARTS) is 1. The van der Waals surface area contributed by atoms with Crippen LogP contribution in [0, 0.1) is 0 Å². The van der Waals surface area contributed by atoms with Crippen molar-refractivity contribution < 1.29 is 19.8 Å². The third-order valence-electron chi connectivity index (χ3n) is 5.08. The zero-order valence-electron chi connectivity index (χ0n) is 12.9. The zero-order chi connectivity index (χ0) is 15.6. The third-order valence-corrected chi connectivity index (χ3v) is 5.08. The molecular weight excluding hydrogens is 272 g/mol. The van der Waals surface area contributed by atoms with E-state index >= 15 is 0 Å². The van der Waals surface area contributed by atoms with E-state index in [4.69, 9.17) is 0 Å². The van der Waals surface area contributed by atoms with Crippen LogP contribution in [0.25, 0.3) is 0 Å². The number of carboxylic acids is 1. The molecule has 0 aromatic rings. The predicted molar refractivity (Wildman–Crippen MR) is 78.0 cm³/mol. The Hall–Kier alpha value is -1.30. The molecule has 0 aromatic heterocycles. The maximum atomic E-state index is 12.7. The summed E-state index contributed by atoms with van der Waals surface area (Å²) in [4.78, 5) is 27.4. The van der Waals surface area contributed by atoms with E-state index in [0.29, 0.717) is 19.4 Å². The summed E-state index contributed by atoms with van der Waals surface area (Å²) >= 11 is 0. The van der Waals surface area contributed by atoms with Crippen molar-refractivity contribution in [1.82, 2.24) is 9.80 Å². The van der Waals surface area contributed by atoms with E-state index in [1.165, 1.54) is 4.90 Å². The van der Waals surface area contributed by atoms with Crippen LogP contribution in [-0.4, -0.2) is 63.3 Å². The number of piperidine rings is 1. The molecular formula is C15H26N2O4. The molecule has 3 unspecified atom stereocenters. The minimum atomic E-state index is -1.14. The highest BCUT2D eigenvalue weighted by Crippen LogP contribution is 2.31. The van der Waals surface area contributed by atoms with Crippen LogP contribution in [0.15, 0.2) is 0 Å². The number of nitrogens with zero attached hydrogens (tertiary/aromatic N) is 2. The topological polar surface area (TPSA) is 81.1 Å². The van der Waals surface area contributed by atoms with Crippen molar-refractivity contribution in [3.05, 3.63) is 0 Å². The largest absolute Gasteiger partial charge is 0.480 e. The fraction of sp³-hybridized carbons (Fsp3) is 0.867. The van der Waals surface area contributed by atoms with Gasteiger partial charge in [0.05, 0.1) is 12.1 Å². The van der Waals surface area contributed by atoms with Gasteiger partial charge in [0.25, 0.3) is 0 Å². The number of carbonyl (C=O) groups excluding carboxylic acids is 1. The molecule has 3 atom stereocenters. The number of aliphatic carboxylic acids is 1. The normalized spacial score (nSPS) is 33.6. The molecule has 2 rings (SSSR count). The average Bonchev–Trinajstić information content (AvgIpc) is 2.46. The van der Waals surface area contributed by atoms with Crippen molar-refractivity contribution >= 4 is 12.0 Å². The van der Waals surface area contributed by atoms with Gasteiger partial charge in [-0.15, -0.1) is 0 Å². The minimum absolute atomic E-state index is 0.203. The third kappa shape index (κ3) is 3.00. The molecule has 1 saturated carbocycles. The summed E-state index contributed by atoms with van der Waals surface area (Å²) < 4.78 is 0. The summed E-state index contributed by atoms with van der Waals surface area (Å²) in [6.45, 7) is 2.09. The first-order chi connectivity index (χ1) is 9.88. The standard InChI is InChI=1S/C15H26N2O4/c1-15(13(19)20)9-5-6-10-17(15)14(21)16(2)11-7-3-4-8-12(11)18/h11-12,18H,3-10H2,1-2H3,(H,19,20). The molecule has 0 radical (unpaired) electrons. The van der Waals surface area contributed by atoms with Crippen molar-refractivity contribution in [2.24, 2.45) is 0 Å². The molecule has 21 heavy (non-hydrogen) atoms. The average molecular weight is 298 g/mol. The Morgan fingerprint density at radius 3 is 2.48 bits per heavy atom. The van der Waals surface area contributed by atoms with Gasteiger partial charge in [-0.1, -0.05) is 12.8 Å². The summed E-state index contributed by atoms with van der Waals surface area (Å²) in [5.41, 5.74) is -1.14. The Bertz CT molecular complexity index is 414. The first-order valence-electron chi connectivity index (χ1n) is 7.84. The summed E-state index contributed by atoms with van der Waals surface area (Å²) in [5, 5.41) is 19.6. The second-order valence-electron chi connectivity index (χ2n) is 6.50. The molecule has 1 heterocycles. The highest BCUT2D eigenvalue weighted by Gasteiger charge is 2.46. The summed E-state index contributed by atoms with van der Waals surface area (Å²) in [5.74, 6) is -0.951. The van der Waals surface area contributed by atoms with E-state index in [0.717, 1.165) is 32.1 Å². The van der Waals surface area contributed by atoms with Gasteiger partial charge < -0.3 is 20.0 Å². The van der Waals surface area contributed by atoms with Gasteiger partial charge in [-0.3, -0.25) is 0 Å². The number of rotatable bonds is 2. The molecule has 2 fully saturated rings. The van der Waals surface area contributed by atoms with Gasteiger partial charge in [-0.05, 0) is 39.0 Å². The number of urea groups is 1. The van der Waals surface area contributed by atoms with Crippen molar-refractivity contribution in [3.8, 4) is 0 Å². The molecule has 1 aliphatic carbocycles. The van der Waals surface area contributed by atoms with Crippen LogP contribution >= 0.6 is 0 Å². The molecule has 2 amide bonds. The van der Waals surface area contributed by atoms with Gasteiger partial charge in [-0.25, -0.2) is 9.59 Å². The minimum Gasteiger partial charge on any atom is -0.480 e. The molecule has 0 spiro atoms. The fourth-order valence-electron chi connectivity index (χ4n) is 3.53. The van der Waals surface area contributed by atoms with Crippen LogP contribution in [0.3, 0.4) is 0 Å². The summed E-state index contributed by atoms with van der Waals surface area (Å²) in [7, 11) is 1.68. The van der Waals surface area contributed by atoms with Crippen molar-refractivity contribution in [3.63, 3.8) is 0 Å². The maximum Gasteiger partial charge on any atom is 0.329 e. The molecule has 0 bridgehead atoms. The first kappa shape index (κ1) is 16.1. The number of carbonyl (C=O) groups is 2. The molecule has 2 N–H and O–H groups in total. The number of amides is 2. The molecule has 120 valence electrons. The number of hydrogen-bond acceptors (Lipinski definition) is 3. The van der Waals surface area contributed by atoms with Crippen molar-refractivity contribution in [1.29, 1.82) is 0 Å². The van der Waals surface area contributed by atoms with Gasteiger partial charge in [-0.2, -0.15) is 0 Å². The van der Waals surface area contributed by atoms with Gasteiger partial charge >= 0.3 is 12.0 Å². The van der Waals surface area contributed by atoms with Crippen LogP contribution < -0.4 is 0 Å². The van der Waals surface area contributed by atoms with E-state index in [1.807, 2.05) is 0 Å². The van der Waals surface area contributed by atoms with Gasteiger partial charge in [0.2, 0.25) is 0 Å². The quantitative estimate of drug-likeness (QED) is 0.812. The first-order valence-corrected chi connectivity index (χ1v) is 7.84. The Labute approximate surface area is 125 Å². The highest BCUT2D eigenvalue weighted by molar-refractivity contribution is 5.86. The molecule has 6 nitrogen and oxygen atoms in total. The lowest BCUT2D eigenvalue weighted by atomic mass is 9.88. The Morgan fingerprint density at radius 1 is 1.19 bits per heavy atom. The monoisotopic (exact) mass is 298 g/mol. The number of hydrogen-bond donors (Lipinski definition) is 2. The lowest BCUT2D eigenvalue weighted by molar-refractivity contribution is -0.151. The molecule has 0 aromatic carbocycles. The second kappa shape index (κ2) is 6.22. The van der Waals surface area contributed by atoms with E-state index in [1.54, 1.807) is 18.9 Å². The summed E-state index contributed by atoms with van der Waals surface area (Å²) in [6, 6.07) is -0.475. The fourth-order valence-corrected chi connectivity index (χ4v) is 3.53. The van der Waals surface area contributed by atoms with E-state index in [2.05, 4.69) is 0 Å². The summed E-state index contributed by atoms with van der Waals surface area (Å²) in [6.07, 6.45) is 5.09. The SMILES string of the molecule is CN(C(=O)N1CCCCC1(C)C(=O)O)C1CCCCC1O. The maximum absolute atomic E-state index is 12.7. The highest BCUT2D eigenvalue weighted by atomic mass is 16.4. The van der Waals surface area contributed by atoms with Gasteiger partial charge in [0.15, 0.2) is 0 Å². The number of aliphatic hydroxyl groups is 1. The van der Waals surface area contributed by atoms with Crippen LogP contribution in [0.5, 0.6) is 0 Å². The lowest BCUT2D eigenvalue weighted by Gasteiger charge is -2.45. The van der Waals surface area contributed by atoms with Crippen LogP contribution in [-0.2, 0) is 4.79 Å². The molecule has 6 heteroatoms. The van der Waals surface area contributed by atoms with Crippen molar-refractivity contribution in [2.75, 3.05) is 13.6 Å². The van der Waals surface area contributed by atoms with E-state index in [-0.39, 0.29) is 12.1 Å². The Balaban J connectivity index is 2.14. The second-order valence-corrected chi connectivity index (χ2v) is 6.50. The van der Waals surface area contributed by atoms with Crippen LogP contribution in [0.2, 0.25) is 0 Å². The number of aliphatic hydroxyl groups excluding tert-OH is 1. The van der Waals surface area contributed by atoms with Gasteiger partial charge in [0, 0.05) is 13.6 Å². The smallest absolute Gasteiger partial charge is 0.329 e. The van der Waals surface area contributed by atoms with Crippen LogP contribution in [0.1, 0.15) is 51.9 Å².